The number of ether oxygens (including phenoxy) is 1. The van der Waals surface area contributed by atoms with Crippen LogP contribution in [-0.4, -0.2) is 41.9 Å². The molecule has 0 saturated carbocycles. The van der Waals surface area contributed by atoms with Crippen LogP contribution >= 0.6 is 0 Å². The number of benzene rings is 2. The largest absolute Gasteiger partial charge is 1.00 e. The van der Waals surface area contributed by atoms with Crippen molar-refractivity contribution in [1.29, 1.82) is 0 Å². The zero-order valence-corrected chi connectivity index (χ0v) is 18.9. The van der Waals surface area contributed by atoms with Crippen LogP contribution in [0.3, 0.4) is 0 Å². The van der Waals surface area contributed by atoms with Crippen LogP contribution in [0.25, 0.3) is 0 Å². The van der Waals surface area contributed by atoms with Gasteiger partial charge in [0, 0.05) is 5.56 Å². The topological polar surface area (TPSA) is 29.5 Å². The number of aliphatic hydroxyl groups excluding tert-OH is 1. The second-order valence-electron chi connectivity index (χ2n) is 8.72. The highest BCUT2D eigenvalue weighted by atomic mass is 35.5. The SMILES string of the molecule is Cc1cc(C)c(OCC(O)C[N+]2(Cc3ccccc3)CCCCCC2)c(C)c1.[Cl-]. The summed E-state index contributed by atoms with van der Waals surface area (Å²) in [6, 6.07) is 15.0. The van der Waals surface area contributed by atoms with Crippen molar-refractivity contribution in [2.24, 2.45) is 0 Å². The Morgan fingerprint density at radius 2 is 1.52 bits per heavy atom. The molecule has 1 unspecified atom stereocenters. The molecule has 0 aliphatic carbocycles. The molecule has 1 aliphatic heterocycles. The molecule has 2 aromatic rings. The molecule has 1 aliphatic rings. The van der Waals surface area contributed by atoms with E-state index in [0.717, 1.165) is 47.5 Å². The van der Waals surface area contributed by atoms with Gasteiger partial charge in [-0.15, -0.1) is 0 Å². The van der Waals surface area contributed by atoms with Crippen LogP contribution in [0.1, 0.15) is 47.9 Å². The summed E-state index contributed by atoms with van der Waals surface area (Å²) in [6.45, 7) is 10.7. The van der Waals surface area contributed by atoms with Gasteiger partial charge in [0.15, 0.2) is 0 Å². The maximum atomic E-state index is 10.9. The van der Waals surface area contributed by atoms with E-state index in [1.54, 1.807) is 0 Å². The number of aryl methyl sites for hydroxylation is 3. The maximum Gasteiger partial charge on any atom is 0.137 e. The van der Waals surface area contributed by atoms with E-state index in [0.29, 0.717) is 6.61 Å². The van der Waals surface area contributed by atoms with Crippen molar-refractivity contribution in [3.63, 3.8) is 0 Å². The lowest BCUT2D eigenvalue weighted by atomic mass is 10.1. The summed E-state index contributed by atoms with van der Waals surface area (Å²) in [6.07, 6.45) is 4.65. The van der Waals surface area contributed by atoms with Crippen molar-refractivity contribution >= 4 is 0 Å². The number of quaternary nitrogens is 1. The average molecular weight is 418 g/mol. The van der Waals surface area contributed by atoms with Crippen LogP contribution in [0.5, 0.6) is 5.75 Å². The fourth-order valence-corrected chi connectivity index (χ4v) is 4.81. The number of hydrogen-bond acceptors (Lipinski definition) is 2. The van der Waals surface area contributed by atoms with Crippen molar-refractivity contribution in [1.82, 2.24) is 0 Å². The van der Waals surface area contributed by atoms with Crippen molar-refractivity contribution in [3.8, 4) is 5.75 Å². The number of likely N-dealkylation sites (tertiary alicyclic amines) is 1. The number of halogens is 1. The Hall–Kier alpha value is -1.55. The molecule has 160 valence electrons. The van der Waals surface area contributed by atoms with Gasteiger partial charge in [-0.05, 0) is 57.6 Å². The van der Waals surface area contributed by atoms with Crippen LogP contribution in [0.2, 0.25) is 0 Å². The van der Waals surface area contributed by atoms with Gasteiger partial charge in [-0.1, -0.05) is 48.0 Å². The van der Waals surface area contributed by atoms with Crippen LogP contribution < -0.4 is 17.1 Å². The molecule has 29 heavy (non-hydrogen) atoms. The molecule has 0 aromatic heterocycles. The van der Waals surface area contributed by atoms with Gasteiger partial charge in [0.05, 0.1) is 13.1 Å². The quantitative estimate of drug-likeness (QED) is 0.698. The second-order valence-corrected chi connectivity index (χ2v) is 8.72. The number of rotatable bonds is 7. The second kappa shape index (κ2) is 11.0. The van der Waals surface area contributed by atoms with E-state index in [1.165, 1.54) is 36.8 Å². The van der Waals surface area contributed by atoms with E-state index in [9.17, 15) is 5.11 Å². The predicted octanol–water partition coefficient (Wildman–Crippen LogP) is 1.95. The van der Waals surface area contributed by atoms with E-state index >= 15 is 0 Å². The lowest BCUT2D eigenvalue weighted by Gasteiger charge is -2.39. The molecule has 4 heteroatoms. The maximum absolute atomic E-state index is 10.9. The van der Waals surface area contributed by atoms with Gasteiger partial charge in [-0.2, -0.15) is 0 Å². The lowest BCUT2D eigenvalue weighted by molar-refractivity contribution is -0.942. The Morgan fingerprint density at radius 1 is 0.931 bits per heavy atom. The Morgan fingerprint density at radius 3 is 2.10 bits per heavy atom. The van der Waals surface area contributed by atoms with Crippen molar-refractivity contribution in [2.75, 3.05) is 26.2 Å². The molecule has 0 amide bonds. The van der Waals surface area contributed by atoms with Crippen LogP contribution in [0.4, 0.5) is 0 Å². The van der Waals surface area contributed by atoms with E-state index < -0.39 is 6.10 Å². The summed E-state index contributed by atoms with van der Waals surface area (Å²) >= 11 is 0. The Balaban J connectivity index is 0.00000300. The predicted molar refractivity (Wildman–Crippen MR) is 116 cm³/mol. The molecule has 3 rings (SSSR count). The van der Waals surface area contributed by atoms with Crippen molar-refractivity contribution < 1.29 is 26.7 Å². The molecule has 0 radical (unpaired) electrons. The summed E-state index contributed by atoms with van der Waals surface area (Å²) in [4.78, 5) is 0. The van der Waals surface area contributed by atoms with Gasteiger partial charge in [-0.25, -0.2) is 0 Å². The van der Waals surface area contributed by atoms with E-state index in [4.69, 9.17) is 4.74 Å². The minimum Gasteiger partial charge on any atom is -1.00 e. The minimum atomic E-state index is -0.457. The first-order chi connectivity index (χ1) is 13.5. The standard InChI is InChI=1S/C25H36NO2.ClH/c1-20-15-21(2)25(22(3)16-20)28-19-24(27)18-26(13-9-4-5-10-14-26)17-23-11-7-6-8-12-23;/h6-8,11-12,15-16,24,27H,4-5,9-10,13-14,17-19H2,1-3H3;1H/q+1;/p-1. The number of aliphatic hydroxyl groups is 1. The van der Waals surface area contributed by atoms with Crippen molar-refractivity contribution in [3.05, 3.63) is 64.7 Å². The zero-order valence-electron chi connectivity index (χ0n) is 18.2. The first-order valence-electron chi connectivity index (χ1n) is 10.8. The summed E-state index contributed by atoms with van der Waals surface area (Å²) < 4.78 is 7.06. The third kappa shape index (κ3) is 6.74. The molecule has 1 atom stereocenters. The molecule has 1 saturated heterocycles. The van der Waals surface area contributed by atoms with Gasteiger partial charge in [0.1, 0.15) is 31.5 Å². The zero-order chi connectivity index (χ0) is 20.0. The summed E-state index contributed by atoms with van der Waals surface area (Å²) in [5.74, 6) is 0.926. The summed E-state index contributed by atoms with van der Waals surface area (Å²) in [5.41, 5.74) is 4.91. The first-order valence-corrected chi connectivity index (χ1v) is 10.8. The Labute approximate surface area is 182 Å². The Bertz CT molecular complexity index is 732. The molecule has 0 spiro atoms. The van der Waals surface area contributed by atoms with Crippen LogP contribution in [0.15, 0.2) is 42.5 Å². The summed E-state index contributed by atoms with van der Waals surface area (Å²) in [7, 11) is 0. The monoisotopic (exact) mass is 417 g/mol. The molecule has 1 heterocycles. The first kappa shape index (κ1) is 23.7. The minimum absolute atomic E-state index is 0. The third-order valence-corrected chi connectivity index (χ3v) is 6.00. The Kier molecular flexibility index (Phi) is 9.01. The third-order valence-electron chi connectivity index (χ3n) is 6.00. The van der Waals surface area contributed by atoms with Gasteiger partial charge >= 0.3 is 0 Å². The highest BCUT2D eigenvalue weighted by molar-refractivity contribution is 5.42. The number of hydrogen-bond donors (Lipinski definition) is 1. The lowest BCUT2D eigenvalue weighted by Crippen LogP contribution is -3.00. The highest BCUT2D eigenvalue weighted by Gasteiger charge is 2.32. The molecular weight excluding hydrogens is 382 g/mol. The van der Waals surface area contributed by atoms with Crippen LogP contribution in [0, 0.1) is 20.8 Å². The van der Waals surface area contributed by atoms with Gasteiger partial charge in [0.25, 0.3) is 0 Å². The number of nitrogens with zero attached hydrogens (tertiary/aromatic N) is 1. The molecule has 2 aromatic carbocycles. The van der Waals surface area contributed by atoms with E-state index in [2.05, 4.69) is 63.2 Å². The summed E-state index contributed by atoms with van der Waals surface area (Å²) in [5, 5.41) is 10.9. The molecule has 3 nitrogen and oxygen atoms in total. The molecule has 1 fully saturated rings. The smallest absolute Gasteiger partial charge is 0.137 e. The normalized spacial score (nSPS) is 17.1. The van der Waals surface area contributed by atoms with Gasteiger partial charge in [0.2, 0.25) is 0 Å². The van der Waals surface area contributed by atoms with E-state index in [-0.39, 0.29) is 12.4 Å². The highest BCUT2D eigenvalue weighted by Crippen LogP contribution is 2.26. The van der Waals surface area contributed by atoms with E-state index in [1.807, 2.05) is 0 Å². The molecule has 0 bridgehead atoms. The molecule has 1 N–H and O–H groups in total. The average Bonchev–Trinajstić information content (AvgIpc) is 2.87. The fraction of sp³-hybridized carbons (Fsp3) is 0.520. The van der Waals surface area contributed by atoms with Crippen molar-refractivity contribution in [2.45, 2.75) is 59.1 Å². The van der Waals surface area contributed by atoms with Gasteiger partial charge < -0.3 is 26.7 Å². The molecular formula is C25H36ClNO2. The van der Waals surface area contributed by atoms with Crippen LogP contribution in [-0.2, 0) is 6.54 Å². The fourth-order valence-electron chi connectivity index (χ4n) is 4.81. The van der Waals surface area contributed by atoms with Gasteiger partial charge in [-0.3, -0.25) is 0 Å².